The summed E-state index contributed by atoms with van der Waals surface area (Å²) in [7, 11) is 3.60. The van der Waals surface area contributed by atoms with Gasteiger partial charge in [-0.3, -0.25) is 10.1 Å². The lowest BCUT2D eigenvalue weighted by Gasteiger charge is -2.18. The Hall–Kier alpha value is -1.85. The van der Waals surface area contributed by atoms with Crippen LogP contribution in [0.1, 0.15) is 12.8 Å². The Balaban J connectivity index is 2.29. The van der Waals surface area contributed by atoms with Crippen LogP contribution < -0.4 is 10.2 Å². The quantitative estimate of drug-likeness (QED) is 0.624. The van der Waals surface area contributed by atoms with E-state index in [0.717, 1.165) is 6.54 Å². The van der Waals surface area contributed by atoms with Crippen molar-refractivity contribution in [3.05, 3.63) is 22.2 Å². The maximum absolute atomic E-state index is 10.9. The summed E-state index contributed by atoms with van der Waals surface area (Å²) in [4.78, 5) is 16.7. The smallest absolute Gasteiger partial charge is 0.311 e. The molecule has 1 aromatic heterocycles. The highest BCUT2D eigenvalue weighted by Crippen LogP contribution is 2.33. The minimum Gasteiger partial charge on any atom is -0.373 e. The molecule has 0 radical (unpaired) electrons. The topological polar surface area (TPSA) is 71.3 Å². The molecule has 1 aliphatic rings. The summed E-state index contributed by atoms with van der Waals surface area (Å²) in [5, 5.41) is 13.8. The van der Waals surface area contributed by atoms with Gasteiger partial charge in [-0.05, 0) is 24.8 Å². The summed E-state index contributed by atoms with van der Waals surface area (Å²) in [6.45, 7) is 0.834. The van der Waals surface area contributed by atoms with E-state index >= 15 is 0 Å². The molecule has 1 aromatic rings. The fourth-order valence-corrected chi connectivity index (χ4v) is 1.78. The number of hydrogen-bond acceptors (Lipinski definition) is 5. The second kappa shape index (κ2) is 4.57. The molecule has 17 heavy (non-hydrogen) atoms. The van der Waals surface area contributed by atoms with Crippen LogP contribution in [0.3, 0.4) is 0 Å². The van der Waals surface area contributed by atoms with Crippen molar-refractivity contribution < 1.29 is 4.92 Å². The second-order valence-electron chi connectivity index (χ2n) is 4.37. The average Bonchev–Trinajstić information content (AvgIpc) is 3.11. The van der Waals surface area contributed by atoms with Gasteiger partial charge in [0.05, 0.1) is 4.92 Å². The van der Waals surface area contributed by atoms with Crippen LogP contribution in [-0.4, -0.2) is 30.5 Å². The minimum absolute atomic E-state index is 0.0622. The zero-order valence-electron chi connectivity index (χ0n) is 10.0. The van der Waals surface area contributed by atoms with Crippen molar-refractivity contribution in [1.82, 2.24) is 4.98 Å². The molecule has 0 spiro atoms. The molecule has 1 N–H and O–H groups in total. The zero-order valence-corrected chi connectivity index (χ0v) is 10.0. The van der Waals surface area contributed by atoms with Crippen molar-refractivity contribution in [1.29, 1.82) is 0 Å². The summed E-state index contributed by atoms with van der Waals surface area (Å²) in [6, 6.07) is 3.12. The molecule has 0 atom stereocenters. The first kappa shape index (κ1) is 11.6. The Morgan fingerprint density at radius 3 is 2.82 bits per heavy atom. The highest BCUT2D eigenvalue weighted by Gasteiger charge is 2.26. The first-order chi connectivity index (χ1) is 8.11. The number of aromatic nitrogens is 1. The lowest BCUT2D eigenvalue weighted by molar-refractivity contribution is -0.384. The standard InChI is InChI=1S/C11H16N4O2/c1-12-10-6-5-9(15(16)17)11(13-10)14(2)7-8-3-4-8/h5-6,8H,3-4,7H2,1-2H3,(H,12,13). The van der Waals surface area contributed by atoms with E-state index in [2.05, 4.69) is 10.3 Å². The van der Waals surface area contributed by atoms with Crippen molar-refractivity contribution in [3.63, 3.8) is 0 Å². The molecule has 0 saturated heterocycles. The predicted octanol–water partition coefficient (Wildman–Crippen LogP) is 1.88. The number of rotatable bonds is 5. The molecule has 2 rings (SSSR count). The van der Waals surface area contributed by atoms with E-state index in [-0.39, 0.29) is 10.6 Å². The van der Waals surface area contributed by atoms with Crippen LogP contribution in [0.15, 0.2) is 12.1 Å². The van der Waals surface area contributed by atoms with Crippen LogP contribution in [-0.2, 0) is 0 Å². The first-order valence-electron chi connectivity index (χ1n) is 5.66. The van der Waals surface area contributed by atoms with E-state index in [0.29, 0.717) is 17.6 Å². The van der Waals surface area contributed by atoms with E-state index in [1.165, 1.54) is 18.9 Å². The van der Waals surface area contributed by atoms with Crippen LogP contribution in [0.4, 0.5) is 17.3 Å². The van der Waals surface area contributed by atoms with Gasteiger partial charge >= 0.3 is 5.69 Å². The van der Waals surface area contributed by atoms with Gasteiger partial charge in [-0.15, -0.1) is 0 Å². The summed E-state index contributed by atoms with van der Waals surface area (Å²) in [6.07, 6.45) is 2.42. The number of nitro groups is 1. The van der Waals surface area contributed by atoms with Crippen LogP contribution >= 0.6 is 0 Å². The van der Waals surface area contributed by atoms with Crippen LogP contribution in [0, 0.1) is 16.0 Å². The second-order valence-corrected chi connectivity index (χ2v) is 4.37. The van der Waals surface area contributed by atoms with Gasteiger partial charge in [0, 0.05) is 26.7 Å². The van der Waals surface area contributed by atoms with Crippen molar-refractivity contribution in [2.75, 3.05) is 30.9 Å². The number of pyridine rings is 1. The lowest BCUT2D eigenvalue weighted by atomic mass is 10.3. The summed E-state index contributed by atoms with van der Waals surface area (Å²) < 4.78 is 0. The predicted molar refractivity (Wildman–Crippen MR) is 66.4 cm³/mol. The molecule has 0 amide bonds. The van der Waals surface area contributed by atoms with E-state index in [1.54, 1.807) is 13.1 Å². The van der Waals surface area contributed by atoms with Gasteiger partial charge in [0.15, 0.2) is 0 Å². The fourth-order valence-electron chi connectivity index (χ4n) is 1.78. The Morgan fingerprint density at radius 1 is 1.59 bits per heavy atom. The average molecular weight is 236 g/mol. The van der Waals surface area contributed by atoms with Gasteiger partial charge in [-0.1, -0.05) is 0 Å². The fraction of sp³-hybridized carbons (Fsp3) is 0.545. The van der Waals surface area contributed by atoms with Gasteiger partial charge in [0.2, 0.25) is 5.82 Å². The number of hydrogen-bond donors (Lipinski definition) is 1. The Kier molecular flexibility index (Phi) is 3.12. The first-order valence-corrected chi connectivity index (χ1v) is 5.66. The molecular formula is C11H16N4O2. The molecule has 1 heterocycles. The lowest BCUT2D eigenvalue weighted by Crippen LogP contribution is -2.22. The number of nitrogens with one attached hydrogen (secondary N) is 1. The monoisotopic (exact) mass is 236 g/mol. The molecule has 1 fully saturated rings. The zero-order chi connectivity index (χ0) is 12.4. The summed E-state index contributed by atoms with van der Waals surface area (Å²) in [5.74, 6) is 1.75. The molecule has 92 valence electrons. The molecule has 6 heteroatoms. The third-order valence-electron chi connectivity index (χ3n) is 2.90. The maximum atomic E-state index is 10.9. The highest BCUT2D eigenvalue weighted by molar-refractivity contribution is 5.61. The Morgan fingerprint density at radius 2 is 2.29 bits per heavy atom. The van der Waals surface area contributed by atoms with Crippen LogP contribution in [0.25, 0.3) is 0 Å². The van der Waals surface area contributed by atoms with Crippen molar-refractivity contribution >= 4 is 17.3 Å². The summed E-state index contributed by atoms with van der Waals surface area (Å²) in [5.41, 5.74) is 0.0622. The molecular weight excluding hydrogens is 220 g/mol. The number of nitrogens with zero attached hydrogens (tertiary/aromatic N) is 3. The van der Waals surface area contributed by atoms with Gasteiger partial charge in [0.1, 0.15) is 5.82 Å². The van der Waals surface area contributed by atoms with E-state index in [4.69, 9.17) is 0 Å². The van der Waals surface area contributed by atoms with Crippen LogP contribution in [0.5, 0.6) is 0 Å². The van der Waals surface area contributed by atoms with Gasteiger partial charge in [0.25, 0.3) is 0 Å². The van der Waals surface area contributed by atoms with E-state index in [1.807, 2.05) is 11.9 Å². The van der Waals surface area contributed by atoms with E-state index < -0.39 is 0 Å². The highest BCUT2D eigenvalue weighted by atomic mass is 16.6. The maximum Gasteiger partial charge on any atom is 0.311 e. The largest absolute Gasteiger partial charge is 0.373 e. The molecule has 1 saturated carbocycles. The number of anilines is 2. The van der Waals surface area contributed by atoms with Crippen molar-refractivity contribution in [2.24, 2.45) is 5.92 Å². The Labute approximate surface area is 99.8 Å². The van der Waals surface area contributed by atoms with Crippen molar-refractivity contribution in [3.8, 4) is 0 Å². The normalized spacial score (nSPS) is 14.5. The molecule has 0 aromatic carbocycles. The Bertz CT molecular complexity index is 431. The molecule has 0 bridgehead atoms. The molecule has 6 nitrogen and oxygen atoms in total. The molecule has 0 unspecified atom stereocenters. The summed E-state index contributed by atoms with van der Waals surface area (Å²) >= 11 is 0. The SMILES string of the molecule is CNc1ccc([N+](=O)[O-])c(N(C)CC2CC2)n1. The van der Waals surface area contributed by atoms with E-state index in [9.17, 15) is 10.1 Å². The molecule has 1 aliphatic carbocycles. The van der Waals surface area contributed by atoms with Crippen LogP contribution in [0.2, 0.25) is 0 Å². The third-order valence-corrected chi connectivity index (χ3v) is 2.90. The molecule has 0 aliphatic heterocycles. The van der Waals surface area contributed by atoms with Crippen molar-refractivity contribution in [2.45, 2.75) is 12.8 Å². The third kappa shape index (κ3) is 2.64. The van der Waals surface area contributed by atoms with Gasteiger partial charge in [-0.25, -0.2) is 4.98 Å². The van der Waals surface area contributed by atoms with Gasteiger partial charge < -0.3 is 10.2 Å². The minimum atomic E-state index is -0.384. The van der Waals surface area contributed by atoms with Gasteiger partial charge in [-0.2, -0.15) is 0 Å².